The van der Waals surface area contributed by atoms with E-state index < -0.39 is 0 Å². The Morgan fingerprint density at radius 1 is 1.44 bits per heavy atom. The third kappa shape index (κ3) is 3.39. The quantitative estimate of drug-likeness (QED) is 0.764. The highest BCUT2D eigenvalue weighted by atomic mass is 19.1. The van der Waals surface area contributed by atoms with Gasteiger partial charge in [0.15, 0.2) is 5.78 Å². The summed E-state index contributed by atoms with van der Waals surface area (Å²) < 4.78 is 13.0. The predicted molar refractivity (Wildman–Crippen MR) is 70.2 cm³/mol. The first-order valence-corrected chi connectivity index (χ1v) is 6.47. The van der Waals surface area contributed by atoms with Crippen LogP contribution in [-0.4, -0.2) is 30.3 Å². The number of benzene rings is 1. The van der Waals surface area contributed by atoms with Crippen molar-refractivity contribution in [3.63, 3.8) is 0 Å². The molecule has 0 N–H and O–H groups in total. The van der Waals surface area contributed by atoms with Crippen LogP contribution in [0.1, 0.15) is 37.0 Å². The molecule has 2 nitrogen and oxygen atoms in total. The Bertz CT molecular complexity index is 442. The van der Waals surface area contributed by atoms with Crippen molar-refractivity contribution in [1.29, 1.82) is 0 Å². The van der Waals surface area contributed by atoms with Gasteiger partial charge in [-0.3, -0.25) is 4.79 Å². The molecule has 0 atom stereocenters. The van der Waals surface area contributed by atoms with Crippen LogP contribution in [-0.2, 0) is 0 Å². The molecule has 1 aliphatic heterocycles. The van der Waals surface area contributed by atoms with Crippen molar-refractivity contribution in [3.8, 4) is 0 Å². The third-order valence-corrected chi connectivity index (χ3v) is 3.56. The Kier molecular flexibility index (Phi) is 3.81. The molecule has 1 aromatic rings. The van der Waals surface area contributed by atoms with Crippen LogP contribution in [0.25, 0.3) is 0 Å². The van der Waals surface area contributed by atoms with E-state index in [-0.39, 0.29) is 11.6 Å². The molecule has 0 bridgehead atoms. The molecule has 2 rings (SSSR count). The number of Topliss-reactive ketones (excluding diaryl/α,β-unsaturated/α-hetero) is 1. The van der Waals surface area contributed by atoms with Gasteiger partial charge in [0.05, 0.1) is 0 Å². The minimum atomic E-state index is -0.344. The second-order valence-electron chi connectivity index (χ2n) is 5.87. The fraction of sp³-hybridized carbons (Fsp3) is 0.533. The van der Waals surface area contributed by atoms with E-state index in [0.29, 0.717) is 17.4 Å². The standard InChI is InChI=1S/C15H20FNO/c1-15(2)7-9-17(11-15)8-6-14(18)12-4-3-5-13(16)10-12/h3-5,10H,6-9,11H2,1-2H3. The number of hydrogen-bond donors (Lipinski definition) is 0. The zero-order valence-electron chi connectivity index (χ0n) is 11.1. The van der Waals surface area contributed by atoms with Crippen LogP contribution >= 0.6 is 0 Å². The molecule has 0 aliphatic carbocycles. The average molecular weight is 249 g/mol. The summed E-state index contributed by atoms with van der Waals surface area (Å²) in [5.74, 6) is -0.317. The van der Waals surface area contributed by atoms with Crippen LogP contribution in [0.15, 0.2) is 24.3 Å². The molecule has 1 fully saturated rings. The summed E-state index contributed by atoms with van der Waals surface area (Å²) in [4.78, 5) is 14.2. The largest absolute Gasteiger partial charge is 0.302 e. The van der Waals surface area contributed by atoms with Gasteiger partial charge in [-0.05, 0) is 30.5 Å². The molecule has 0 unspecified atom stereocenters. The van der Waals surface area contributed by atoms with Gasteiger partial charge in [0.2, 0.25) is 0 Å². The van der Waals surface area contributed by atoms with E-state index >= 15 is 0 Å². The fourth-order valence-electron chi connectivity index (χ4n) is 2.48. The van der Waals surface area contributed by atoms with Gasteiger partial charge < -0.3 is 4.90 Å². The maximum Gasteiger partial charge on any atom is 0.164 e. The molecule has 1 aliphatic rings. The Balaban J connectivity index is 1.86. The van der Waals surface area contributed by atoms with Crippen molar-refractivity contribution in [3.05, 3.63) is 35.6 Å². The van der Waals surface area contributed by atoms with E-state index in [0.717, 1.165) is 19.6 Å². The molecule has 0 aromatic heterocycles. The lowest BCUT2D eigenvalue weighted by Gasteiger charge is -2.19. The third-order valence-electron chi connectivity index (χ3n) is 3.56. The van der Waals surface area contributed by atoms with Gasteiger partial charge in [-0.15, -0.1) is 0 Å². The first-order valence-electron chi connectivity index (χ1n) is 6.47. The van der Waals surface area contributed by atoms with Crippen molar-refractivity contribution < 1.29 is 9.18 Å². The first-order chi connectivity index (χ1) is 8.46. The Morgan fingerprint density at radius 3 is 2.83 bits per heavy atom. The molecular formula is C15H20FNO. The van der Waals surface area contributed by atoms with Gasteiger partial charge in [-0.2, -0.15) is 0 Å². The summed E-state index contributed by atoms with van der Waals surface area (Å²) in [6.45, 7) is 7.38. The van der Waals surface area contributed by atoms with Crippen LogP contribution in [0.4, 0.5) is 4.39 Å². The maximum atomic E-state index is 13.0. The summed E-state index contributed by atoms with van der Waals surface area (Å²) >= 11 is 0. The molecule has 1 aromatic carbocycles. The molecule has 18 heavy (non-hydrogen) atoms. The summed E-state index contributed by atoms with van der Waals surface area (Å²) in [6, 6.07) is 5.94. The summed E-state index contributed by atoms with van der Waals surface area (Å²) in [5, 5.41) is 0. The van der Waals surface area contributed by atoms with E-state index in [9.17, 15) is 9.18 Å². The van der Waals surface area contributed by atoms with Crippen molar-refractivity contribution >= 4 is 5.78 Å². The number of nitrogens with zero attached hydrogens (tertiary/aromatic N) is 1. The molecule has 1 heterocycles. The van der Waals surface area contributed by atoms with Crippen molar-refractivity contribution in [2.45, 2.75) is 26.7 Å². The summed E-state index contributed by atoms with van der Waals surface area (Å²) in [7, 11) is 0. The van der Waals surface area contributed by atoms with Gasteiger partial charge in [0.25, 0.3) is 0 Å². The van der Waals surface area contributed by atoms with Crippen molar-refractivity contribution in [1.82, 2.24) is 4.90 Å². The van der Waals surface area contributed by atoms with E-state index in [4.69, 9.17) is 0 Å². The van der Waals surface area contributed by atoms with Crippen LogP contribution in [0.2, 0.25) is 0 Å². The molecule has 0 spiro atoms. The highest BCUT2D eigenvalue weighted by Gasteiger charge is 2.28. The molecule has 98 valence electrons. The van der Waals surface area contributed by atoms with E-state index in [1.165, 1.54) is 18.6 Å². The minimum Gasteiger partial charge on any atom is -0.302 e. The van der Waals surface area contributed by atoms with Gasteiger partial charge in [0.1, 0.15) is 5.82 Å². The lowest BCUT2D eigenvalue weighted by Crippen LogP contribution is -2.26. The lowest BCUT2D eigenvalue weighted by atomic mass is 9.93. The molecule has 0 saturated carbocycles. The van der Waals surface area contributed by atoms with Crippen LogP contribution in [0.5, 0.6) is 0 Å². The van der Waals surface area contributed by atoms with E-state index in [2.05, 4.69) is 18.7 Å². The van der Waals surface area contributed by atoms with Crippen LogP contribution in [0.3, 0.4) is 0 Å². The number of rotatable bonds is 4. The zero-order chi connectivity index (χ0) is 13.2. The van der Waals surface area contributed by atoms with Gasteiger partial charge >= 0.3 is 0 Å². The Labute approximate surface area is 108 Å². The second kappa shape index (κ2) is 5.19. The first kappa shape index (κ1) is 13.2. The van der Waals surface area contributed by atoms with Crippen LogP contribution < -0.4 is 0 Å². The predicted octanol–water partition coefficient (Wildman–Crippen LogP) is 3.13. The summed E-state index contributed by atoms with van der Waals surface area (Å²) in [5.41, 5.74) is 0.843. The lowest BCUT2D eigenvalue weighted by molar-refractivity contribution is 0.0966. The number of halogens is 1. The molecular weight excluding hydrogens is 229 g/mol. The molecule has 0 radical (unpaired) electrons. The average Bonchev–Trinajstić information content (AvgIpc) is 2.66. The summed E-state index contributed by atoms with van der Waals surface area (Å²) in [6.07, 6.45) is 1.65. The topological polar surface area (TPSA) is 20.3 Å². The molecule has 3 heteroatoms. The normalized spacial score (nSPS) is 19.1. The monoisotopic (exact) mass is 249 g/mol. The SMILES string of the molecule is CC1(C)CCN(CCC(=O)c2cccc(F)c2)C1. The molecule has 1 saturated heterocycles. The van der Waals surface area contributed by atoms with Crippen molar-refractivity contribution in [2.75, 3.05) is 19.6 Å². The highest BCUT2D eigenvalue weighted by Crippen LogP contribution is 2.28. The van der Waals surface area contributed by atoms with E-state index in [1.807, 2.05) is 0 Å². The van der Waals surface area contributed by atoms with Gasteiger partial charge in [0, 0.05) is 25.1 Å². The Hall–Kier alpha value is -1.22. The number of carbonyl (C=O) groups is 1. The number of ketones is 1. The van der Waals surface area contributed by atoms with Crippen LogP contribution in [0, 0.1) is 11.2 Å². The molecule has 0 amide bonds. The van der Waals surface area contributed by atoms with Gasteiger partial charge in [-0.25, -0.2) is 4.39 Å². The Morgan fingerprint density at radius 2 is 2.22 bits per heavy atom. The van der Waals surface area contributed by atoms with Gasteiger partial charge in [-0.1, -0.05) is 26.0 Å². The number of likely N-dealkylation sites (tertiary alicyclic amines) is 1. The number of carbonyl (C=O) groups excluding carboxylic acids is 1. The highest BCUT2D eigenvalue weighted by molar-refractivity contribution is 5.96. The maximum absolute atomic E-state index is 13.0. The second-order valence-corrected chi connectivity index (χ2v) is 5.87. The zero-order valence-corrected chi connectivity index (χ0v) is 11.1. The smallest absolute Gasteiger partial charge is 0.164 e. The van der Waals surface area contributed by atoms with E-state index in [1.54, 1.807) is 12.1 Å². The minimum absolute atomic E-state index is 0.0270. The van der Waals surface area contributed by atoms with Crippen molar-refractivity contribution in [2.24, 2.45) is 5.41 Å². The fourth-order valence-corrected chi connectivity index (χ4v) is 2.48. The number of hydrogen-bond acceptors (Lipinski definition) is 2.